The fraction of sp³-hybridized carbons (Fsp3) is 0.214. The molecule has 0 saturated carbocycles. The number of sulfonamides is 2. The Balaban J connectivity index is 1.90. The van der Waals surface area contributed by atoms with Crippen molar-refractivity contribution in [3.8, 4) is 0 Å². The van der Waals surface area contributed by atoms with Crippen LogP contribution < -0.4 is 0 Å². The highest BCUT2D eigenvalue weighted by atomic mass is 32.2. The van der Waals surface area contributed by atoms with E-state index in [1.807, 2.05) is 0 Å². The molecule has 0 spiro atoms. The molecule has 0 aliphatic carbocycles. The van der Waals surface area contributed by atoms with Gasteiger partial charge in [-0.15, -0.1) is 0 Å². The summed E-state index contributed by atoms with van der Waals surface area (Å²) in [6.45, 7) is -0.150. The van der Waals surface area contributed by atoms with Crippen LogP contribution >= 0.6 is 0 Å². The van der Waals surface area contributed by atoms with Gasteiger partial charge >= 0.3 is 0 Å². The average Bonchev–Trinajstić information content (AvgIpc) is 3.00. The van der Waals surface area contributed by atoms with Gasteiger partial charge < -0.3 is 4.42 Å². The summed E-state index contributed by atoms with van der Waals surface area (Å²) in [5.74, 6) is 0.199. The minimum Gasteiger partial charge on any atom is -0.446 e. The van der Waals surface area contributed by atoms with Crippen LogP contribution in [0.15, 0.2) is 55.8 Å². The molecule has 2 heterocycles. The summed E-state index contributed by atoms with van der Waals surface area (Å²) in [4.78, 5) is 4.20. The number of hydrogen-bond acceptors (Lipinski definition) is 6. The molecule has 8 nitrogen and oxygen atoms in total. The minimum atomic E-state index is -3.76. The Kier molecular flexibility index (Phi) is 3.98. The van der Waals surface area contributed by atoms with Crippen molar-refractivity contribution in [1.82, 2.24) is 8.61 Å². The lowest BCUT2D eigenvalue weighted by molar-refractivity contribution is 0.377. The van der Waals surface area contributed by atoms with E-state index >= 15 is 0 Å². The predicted octanol–water partition coefficient (Wildman–Crippen LogP) is 1.39. The molecule has 0 atom stereocenters. The van der Waals surface area contributed by atoms with Gasteiger partial charge in [0.1, 0.15) is 17.0 Å². The Labute approximate surface area is 140 Å². The Morgan fingerprint density at radius 3 is 2.58 bits per heavy atom. The molecular weight excluding hydrogens is 354 g/mol. The summed E-state index contributed by atoms with van der Waals surface area (Å²) in [6, 6.07) is 9.12. The van der Waals surface area contributed by atoms with Crippen LogP contribution in [-0.2, 0) is 26.6 Å². The van der Waals surface area contributed by atoms with E-state index < -0.39 is 20.0 Å². The number of benzene rings is 1. The van der Waals surface area contributed by atoms with Gasteiger partial charge in [0.05, 0.1) is 12.2 Å². The van der Waals surface area contributed by atoms with Crippen LogP contribution in [0.25, 0.3) is 0 Å². The first-order chi connectivity index (χ1) is 11.2. The lowest BCUT2D eigenvalue weighted by atomic mass is 10.3. The number of aliphatic imine (C=N–C) groups is 1. The summed E-state index contributed by atoms with van der Waals surface area (Å²) in [7, 11) is -4.70. The lowest BCUT2D eigenvalue weighted by Crippen LogP contribution is -2.31. The van der Waals surface area contributed by atoms with E-state index in [1.54, 1.807) is 18.2 Å². The van der Waals surface area contributed by atoms with Crippen LogP contribution in [0.4, 0.5) is 5.69 Å². The molecule has 1 aromatic carbocycles. The second-order valence-corrected chi connectivity index (χ2v) is 9.21. The van der Waals surface area contributed by atoms with Crippen molar-refractivity contribution in [3.63, 3.8) is 0 Å². The molecule has 1 aromatic heterocycles. The molecular formula is C14H15N3O5S2. The number of fused-ring (bicyclic) bond motifs is 1. The van der Waals surface area contributed by atoms with E-state index in [2.05, 4.69) is 4.99 Å². The molecule has 0 N–H and O–H groups in total. The average molecular weight is 369 g/mol. The first-order valence-electron chi connectivity index (χ1n) is 6.89. The van der Waals surface area contributed by atoms with Gasteiger partial charge in [0.2, 0.25) is 5.09 Å². The van der Waals surface area contributed by atoms with Crippen molar-refractivity contribution in [3.05, 3.63) is 42.2 Å². The molecule has 2 aromatic rings. The van der Waals surface area contributed by atoms with Gasteiger partial charge in [0, 0.05) is 14.1 Å². The van der Waals surface area contributed by atoms with Crippen LogP contribution in [0.2, 0.25) is 0 Å². The molecule has 1 aliphatic heterocycles. The van der Waals surface area contributed by atoms with Crippen molar-refractivity contribution >= 4 is 32.1 Å². The summed E-state index contributed by atoms with van der Waals surface area (Å²) < 4.78 is 56.5. The second-order valence-electron chi connectivity index (χ2n) is 5.27. The Morgan fingerprint density at radius 2 is 1.88 bits per heavy atom. The molecule has 0 radical (unpaired) electrons. The maximum Gasteiger partial charge on any atom is 0.275 e. The van der Waals surface area contributed by atoms with E-state index in [-0.39, 0.29) is 22.3 Å². The van der Waals surface area contributed by atoms with Crippen LogP contribution in [0.1, 0.15) is 5.76 Å². The smallest absolute Gasteiger partial charge is 0.275 e. The number of furan rings is 1. The van der Waals surface area contributed by atoms with Gasteiger partial charge in [-0.3, -0.25) is 0 Å². The molecule has 128 valence electrons. The van der Waals surface area contributed by atoms with Crippen LogP contribution in [0.5, 0.6) is 0 Å². The monoisotopic (exact) mass is 369 g/mol. The first-order valence-corrected chi connectivity index (χ1v) is 9.77. The topological polar surface area (TPSA) is 100 Å². The molecule has 10 heteroatoms. The molecule has 0 fully saturated rings. The third-order valence-electron chi connectivity index (χ3n) is 3.46. The Bertz CT molecular complexity index is 1010. The van der Waals surface area contributed by atoms with Crippen molar-refractivity contribution in [2.24, 2.45) is 4.99 Å². The zero-order chi connectivity index (χ0) is 17.5. The molecule has 0 bridgehead atoms. The van der Waals surface area contributed by atoms with E-state index in [0.717, 1.165) is 8.61 Å². The van der Waals surface area contributed by atoms with E-state index in [0.29, 0.717) is 5.69 Å². The lowest BCUT2D eigenvalue weighted by Gasteiger charge is -2.23. The molecule has 0 amide bonds. The summed E-state index contributed by atoms with van der Waals surface area (Å²) in [5.41, 5.74) is 0.365. The quantitative estimate of drug-likeness (QED) is 0.811. The van der Waals surface area contributed by atoms with Crippen molar-refractivity contribution < 1.29 is 21.3 Å². The first kappa shape index (κ1) is 16.7. The molecule has 3 rings (SSSR count). The predicted molar refractivity (Wildman–Crippen MR) is 86.9 cm³/mol. The molecule has 24 heavy (non-hydrogen) atoms. The third kappa shape index (κ3) is 2.72. The standard InChI is InChI=1S/C14H15N3O5S2/c1-16(2)24(20,21)14-8-7-11(22-14)9-17-10-15-12-5-3-4-6-13(12)23(17,18)19/h3-8,10H,9H2,1-2H3. The number of hydrogen-bond donors (Lipinski definition) is 0. The van der Waals surface area contributed by atoms with Gasteiger partial charge in [-0.1, -0.05) is 12.1 Å². The zero-order valence-corrected chi connectivity index (χ0v) is 14.6. The largest absolute Gasteiger partial charge is 0.446 e. The van der Waals surface area contributed by atoms with Gasteiger partial charge in [-0.05, 0) is 24.3 Å². The fourth-order valence-electron chi connectivity index (χ4n) is 2.14. The SMILES string of the molecule is CN(C)S(=O)(=O)c1ccc(CN2C=Nc3ccccc3S2(=O)=O)o1. The van der Waals surface area contributed by atoms with Crippen LogP contribution in [-0.4, -0.2) is 45.9 Å². The van der Waals surface area contributed by atoms with E-state index in [1.165, 1.54) is 38.6 Å². The maximum absolute atomic E-state index is 12.6. The number of nitrogens with zero attached hydrogens (tertiary/aromatic N) is 3. The summed E-state index contributed by atoms with van der Waals surface area (Å²) in [6.07, 6.45) is 1.19. The molecule has 0 saturated heterocycles. The minimum absolute atomic E-state index is 0.0974. The van der Waals surface area contributed by atoms with Gasteiger partial charge in [-0.25, -0.2) is 30.4 Å². The van der Waals surface area contributed by atoms with Crippen molar-refractivity contribution in [2.45, 2.75) is 16.5 Å². The van der Waals surface area contributed by atoms with E-state index in [9.17, 15) is 16.8 Å². The normalized spacial score (nSPS) is 16.4. The number of rotatable bonds is 4. The fourth-order valence-corrected chi connectivity index (χ4v) is 4.31. The van der Waals surface area contributed by atoms with E-state index in [4.69, 9.17) is 4.42 Å². The highest BCUT2D eigenvalue weighted by molar-refractivity contribution is 7.89. The van der Waals surface area contributed by atoms with Crippen LogP contribution in [0.3, 0.4) is 0 Å². The Hall–Kier alpha value is -2.17. The molecule has 1 aliphatic rings. The van der Waals surface area contributed by atoms with Gasteiger partial charge in [-0.2, -0.15) is 0 Å². The zero-order valence-electron chi connectivity index (χ0n) is 12.9. The summed E-state index contributed by atoms with van der Waals surface area (Å²) >= 11 is 0. The van der Waals surface area contributed by atoms with Gasteiger partial charge in [0.15, 0.2) is 0 Å². The Morgan fingerprint density at radius 1 is 1.17 bits per heavy atom. The maximum atomic E-state index is 12.6. The van der Waals surface area contributed by atoms with Crippen molar-refractivity contribution in [1.29, 1.82) is 0 Å². The highest BCUT2D eigenvalue weighted by Crippen LogP contribution is 2.31. The summed E-state index contributed by atoms with van der Waals surface area (Å²) in [5, 5.41) is -0.241. The number of para-hydroxylation sites is 1. The van der Waals surface area contributed by atoms with Crippen LogP contribution in [0, 0.1) is 0 Å². The molecule has 0 unspecified atom stereocenters. The van der Waals surface area contributed by atoms with Gasteiger partial charge in [0.25, 0.3) is 20.0 Å². The van der Waals surface area contributed by atoms with Crippen molar-refractivity contribution in [2.75, 3.05) is 14.1 Å². The second kappa shape index (κ2) is 5.72. The third-order valence-corrected chi connectivity index (χ3v) is 6.89. The highest BCUT2D eigenvalue weighted by Gasteiger charge is 2.30.